The van der Waals surface area contributed by atoms with Crippen LogP contribution in [0.25, 0.3) is 11.0 Å². The fraction of sp³-hybridized carbons (Fsp3) is 0.677. The molecule has 7 amide bonds. The van der Waals surface area contributed by atoms with Gasteiger partial charge in [-0.1, -0.05) is 34.6 Å². The summed E-state index contributed by atoms with van der Waals surface area (Å²) in [5.74, 6) is -6.23. The molecule has 18 atom stereocenters. The van der Waals surface area contributed by atoms with E-state index in [0.717, 1.165) is 22.2 Å². The van der Waals surface area contributed by atoms with Gasteiger partial charge in [0.05, 0.1) is 12.7 Å². The second-order valence-corrected chi connectivity index (χ2v) is 29.3. The van der Waals surface area contributed by atoms with Crippen LogP contribution in [0.15, 0.2) is 52.8 Å². The van der Waals surface area contributed by atoms with Gasteiger partial charge >= 0.3 is 7.82 Å². The van der Waals surface area contributed by atoms with E-state index >= 15 is 0 Å². The zero-order chi connectivity index (χ0) is 66.7. The zero-order valence-corrected chi connectivity index (χ0v) is 54.6. The SMILES string of the molecule is C/C1=C2/N/C(=C\C3N[C@@H](/C(C)=C4\N[C@H]([C@H](CC(N)=O)[C@@]4(C)CCC(=O)NC[C@@H](C)OP(=O)(O)O[C@H]4[C@@H](O)[C@@H]([n+]5c[nH]c6cc(C)c(C)cc65)O[C@@H]4CO)[C@]4(C)NC1[C@@H](CCC(N)=O)[C@]4(C)CC(N)=O)[C@@H](CCC(N)=O)C3(C)C)[C@@H](CCC(N)=O)[C@]2(C)CC(N)=O. The summed E-state index contributed by atoms with van der Waals surface area (Å²) >= 11 is 0. The Bertz CT molecular complexity index is 3330. The van der Waals surface area contributed by atoms with Crippen molar-refractivity contribution in [3.05, 3.63) is 63.9 Å². The molecule has 28 heteroatoms. The van der Waals surface area contributed by atoms with E-state index in [1.54, 1.807) is 10.9 Å². The number of carbonyl (C=O) groups is 7. The van der Waals surface area contributed by atoms with Crippen molar-refractivity contribution < 1.29 is 71.6 Å². The van der Waals surface area contributed by atoms with E-state index in [0.29, 0.717) is 34.6 Å². The second-order valence-electron chi connectivity index (χ2n) is 28.0. The number of nitrogens with two attached hydrogens (primary N) is 6. The summed E-state index contributed by atoms with van der Waals surface area (Å²) in [6, 6.07) is 1.38. The van der Waals surface area contributed by atoms with Gasteiger partial charge in [-0.25, -0.2) is 9.55 Å². The third kappa shape index (κ3) is 13.2. The smallest absolute Gasteiger partial charge is 0.394 e. The quantitative estimate of drug-likeness (QED) is 0.0464. The Morgan fingerprint density at radius 1 is 0.767 bits per heavy atom. The number of nitrogens with zero attached hydrogens (tertiary/aromatic N) is 1. The van der Waals surface area contributed by atoms with Crippen LogP contribution < -0.4 is 65.6 Å². The highest BCUT2D eigenvalue weighted by molar-refractivity contribution is 7.47. The number of ether oxygens (including phenoxy) is 1. The molecule has 7 heterocycles. The van der Waals surface area contributed by atoms with E-state index in [4.69, 9.17) is 48.2 Å². The lowest BCUT2D eigenvalue weighted by atomic mass is 9.56. The minimum atomic E-state index is -5.04. The number of amides is 7. The number of phosphoric ester groups is 1. The maximum Gasteiger partial charge on any atom is 0.472 e. The fourth-order valence-corrected chi connectivity index (χ4v) is 17.8. The molecule has 3 unspecified atom stereocenters. The number of aliphatic hydroxyl groups excluding tert-OH is 2. The number of imidazole rings is 1. The van der Waals surface area contributed by atoms with E-state index in [-0.39, 0.29) is 76.7 Å². The average Bonchev–Trinajstić information content (AvgIpc) is 1.53. The first-order valence-corrected chi connectivity index (χ1v) is 32.6. The molecule has 0 saturated carbocycles. The normalized spacial score (nSPS) is 36.8. The van der Waals surface area contributed by atoms with Crippen molar-refractivity contribution in [2.45, 2.75) is 207 Å². The molecule has 5 fully saturated rings. The molecule has 498 valence electrons. The van der Waals surface area contributed by atoms with Crippen molar-refractivity contribution in [3.63, 3.8) is 0 Å². The van der Waals surface area contributed by atoms with E-state index in [9.17, 15) is 53.2 Å². The number of carbonyl (C=O) groups excluding carboxylic acids is 7. The van der Waals surface area contributed by atoms with E-state index in [1.165, 1.54) is 6.92 Å². The number of aromatic nitrogens is 2. The van der Waals surface area contributed by atoms with Crippen LogP contribution in [0.3, 0.4) is 0 Å². The Balaban J connectivity index is 1.17. The van der Waals surface area contributed by atoms with Crippen LogP contribution >= 0.6 is 7.82 Å². The number of aromatic amines is 1. The monoisotopic (exact) mass is 1280 g/mol. The Morgan fingerprint density at radius 2 is 1.37 bits per heavy atom. The van der Waals surface area contributed by atoms with Gasteiger partial charge in [0, 0.05) is 126 Å². The molecule has 6 aliphatic heterocycles. The van der Waals surface area contributed by atoms with Crippen LogP contribution in [0, 0.1) is 59.2 Å². The van der Waals surface area contributed by atoms with Gasteiger partial charge in [0.15, 0.2) is 11.0 Å². The van der Waals surface area contributed by atoms with Gasteiger partial charge in [-0.15, -0.1) is 0 Å². The lowest BCUT2D eigenvalue weighted by Crippen LogP contribution is -2.64. The van der Waals surface area contributed by atoms with Crippen LogP contribution in [0.2, 0.25) is 0 Å². The van der Waals surface area contributed by atoms with Crippen molar-refractivity contribution in [2.24, 2.45) is 79.7 Å². The molecule has 5 saturated heterocycles. The van der Waals surface area contributed by atoms with Gasteiger partial charge in [0.1, 0.15) is 18.3 Å². The number of benzene rings is 1. The van der Waals surface area contributed by atoms with Crippen molar-refractivity contribution in [3.8, 4) is 0 Å². The Kier molecular flexibility index (Phi) is 20.1. The standard InChI is InChI=1S/C62H96N13O14P/c1-29-20-39-40(21-30(29)2)75(28-70-39)57-52(84)53(41(27-76)87-57)89-90(85,86)88-31(3)26-69-49(83)18-19-59(8)37(22-46(66)80)56-62(11)61(10,25-48(68)82)36(14-17-45(65)79)51(74-62)33(5)55-60(9,24-47(67)81)34(12-15-43(63)77)38(71-55)23-42-58(6,7)35(13-16-44(64)78)50(72-42)32(4)54(59)73-56/h20-21,23,28,31,34-37,41-42,50-53,56-57,71-74,76,84H,12-19,22,24-27H2,1-11H3,(H14,63,64,65,66,67,68,69,77,78,79,80,81,82,83,85,86)/p+1/b38-23-,54-32-,55-33-/t31-,34-,35-,36-,37+,41-,42?,50+,51?,52-,53-,56-,57+,59-,60+,61+,62+/m1/s1. The maximum atomic E-state index is 14.4. The number of allylic oxidation sites excluding steroid dienone is 3. The van der Waals surface area contributed by atoms with Crippen LogP contribution in [-0.2, 0) is 51.9 Å². The zero-order valence-electron chi connectivity index (χ0n) is 53.7. The van der Waals surface area contributed by atoms with Gasteiger partial charge in [-0.05, 0) is 125 Å². The summed E-state index contributed by atoms with van der Waals surface area (Å²) in [6.07, 6.45) is -2.96. The van der Waals surface area contributed by atoms with Crippen molar-refractivity contribution in [2.75, 3.05) is 13.2 Å². The summed E-state index contributed by atoms with van der Waals surface area (Å²) in [5.41, 5.74) is 38.0. The molecule has 0 spiro atoms. The minimum Gasteiger partial charge on any atom is -0.394 e. The first-order chi connectivity index (χ1) is 41.8. The first-order valence-electron chi connectivity index (χ1n) is 31.1. The average molecular weight is 1280 g/mol. The minimum absolute atomic E-state index is 0.0291. The number of hydrogen-bond acceptors (Lipinski definition) is 17. The number of hydrogen-bond donors (Lipinski definition) is 15. The molecule has 1 aromatic carbocycles. The maximum absolute atomic E-state index is 14.4. The van der Waals surface area contributed by atoms with E-state index in [1.807, 2.05) is 67.5 Å². The first kappa shape index (κ1) is 69.6. The molecule has 1 aromatic heterocycles. The highest BCUT2D eigenvalue weighted by atomic mass is 31.2. The number of rotatable bonds is 26. The molecule has 0 aliphatic carbocycles. The van der Waals surface area contributed by atoms with Crippen LogP contribution in [0.5, 0.6) is 0 Å². The summed E-state index contributed by atoms with van der Waals surface area (Å²) in [7, 11) is -5.04. The van der Waals surface area contributed by atoms with Gasteiger partial charge < -0.3 is 80.8 Å². The van der Waals surface area contributed by atoms with Crippen LogP contribution in [0.1, 0.15) is 150 Å². The lowest BCUT2D eigenvalue weighted by Gasteiger charge is -2.49. The molecule has 27 nitrogen and oxygen atoms in total. The van der Waals surface area contributed by atoms with E-state index < -0.39 is 156 Å². The van der Waals surface area contributed by atoms with Crippen molar-refractivity contribution >= 4 is 60.2 Å². The summed E-state index contributed by atoms with van der Waals surface area (Å²) in [4.78, 5) is 108. The lowest BCUT2D eigenvalue weighted by molar-refractivity contribution is -0.743. The number of aryl methyl sites for hydroxylation is 2. The molecule has 0 radical (unpaired) electrons. The van der Waals surface area contributed by atoms with Gasteiger partial charge in [0.25, 0.3) is 0 Å². The van der Waals surface area contributed by atoms with Crippen LogP contribution in [0.4, 0.5) is 0 Å². The third-order valence-corrected chi connectivity index (χ3v) is 22.9. The summed E-state index contributed by atoms with van der Waals surface area (Å²) < 4.78 is 32.4. The number of H-pyrrole nitrogens is 1. The molecule has 2 aromatic rings. The number of fused-ring (bicyclic) bond motifs is 10. The second kappa shape index (κ2) is 26.0. The van der Waals surface area contributed by atoms with Crippen molar-refractivity contribution in [1.82, 2.24) is 31.6 Å². The molecular weight excluding hydrogens is 1180 g/mol. The van der Waals surface area contributed by atoms with Crippen molar-refractivity contribution in [1.29, 1.82) is 0 Å². The number of aliphatic hydroxyl groups is 2. The molecule has 6 aliphatic rings. The van der Waals surface area contributed by atoms with Gasteiger partial charge in [0.2, 0.25) is 53.9 Å². The molecule has 8 bridgehead atoms. The summed E-state index contributed by atoms with van der Waals surface area (Å²) in [6.45, 7) is 20.2. The number of phosphoric acid groups is 1. The Hall–Kier alpha value is -6.29. The Labute approximate surface area is 525 Å². The molecule has 90 heavy (non-hydrogen) atoms. The third-order valence-electron chi connectivity index (χ3n) is 21.8. The number of nitrogens with one attached hydrogen (secondary N) is 6. The highest BCUT2D eigenvalue weighted by Crippen LogP contribution is 2.62. The topological polar surface area (TPSA) is 461 Å². The molecular formula is C62H97N13O14P+. The van der Waals surface area contributed by atoms with Crippen LogP contribution in [-0.4, -0.2) is 129 Å². The molecule has 8 rings (SSSR count). The predicted octanol–water partition coefficient (Wildman–Crippen LogP) is 1.13. The predicted molar refractivity (Wildman–Crippen MR) is 331 cm³/mol. The van der Waals surface area contributed by atoms with Gasteiger partial charge in [-0.2, -0.15) is 4.57 Å². The highest BCUT2D eigenvalue weighted by Gasteiger charge is 2.68. The Morgan fingerprint density at radius 3 is 1.97 bits per heavy atom. The largest absolute Gasteiger partial charge is 0.472 e. The van der Waals surface area contributed by atoms with E-state index in [2.05, 4.69) is 51.5 Å². The molecule has 21 N–H and O–H groups in total. The summed E-state index contributed by atoms with van der Waals surface area (Å²) in [5, 5.41) is 40.2. The fourth-order valence-electron chi connectivity index (χ4n) is 16.7. The van der Waals surface area contributed by atoms with Gasteiger partial charge in [-0.3, -0.25) is 42.6 Å². The number of primary amides is 6.